The van der Waals surface area contributed by atoms with Crippen LogP contribution in [0.4, 0.5) is 0 Å². The predicted octanol–water partition coefficient (Wildman–Crippen LogP) is 2.36. The first-order valence-corrected chi connectivity index (χ1v) is 8.56. The molecule has 6 heteroatoms. The minimum absolute atomic E-state index is 0.114. The number of thiocarbonyl (C=S) groups is 1. The third-order valence-electron chi connectivity index (χ3n) is 3.48. The van der Waals surface area contributed by atoms with Crippen molar-refractivity contribution in [1.82, 2.24) is 4.90 Å². The second kappa shape index (κ2) is 7.27. The monoisotopic (exact) mass is 348 g/mol. The standard InChI is InChI=1S/C17H19NO3S2/c1-10(2)8-13(16(20)21)18-15(19)14(23-17(18)22)9-12-6-4-11(3)5-7-12/h4-7,9-10,13H,8H2,1-3H3,(H,20,21)/p-1/b14-9-/t13-/m0/s1. The van der Waals surface area contributed by atoms with Crippen molar-refractivity contribution in [2.45, 2.75) is 33.2 Å². The summed E-state index contributed by atoms with van der Waals surface area (Å²) in [4.78, 5) is 25.6. The lowest BCUT2D eigenvalue weighted by molar-refractivity contribution is -0.310. The van der Waals surface area contributed by atoms with Crippen LogP contribution in [0.3, 0.4) is 0 Å². The Labute approximate surface area is 145 Å². The van der Waals surface area contributed by atoms with Gasteiger partial charge in [-0.05, 0) is 30.9 Å². The predicted molar refractivity (Wildman–Crippen MR) is 94.4 cm³/mol. The van der Waals surface area contributed by atoms with Crippen LogP contribution in [0.15, 0.2) is 29.2 Å². The fourth-order valence-corrected chi connectivity index (χ4v) is 3.67. The average molecular weight is 348 g/mol. The molecule has 2 rings (SSSR count). The minimum atomic E-state index is -1.27. The minimum Gasteiger partial charge on any atom is -0.548 e. The Morgan fingerprint density at radius 2 is 1.96 bits per heavy atom. The van der Waals surface area contributed by atoms with Crippen LogP contribution in [0.1, 0.15) is 31.4 Å². The molecule has 0 aromatic heterocycles. The Morgan fingerprint density at radius 3 is 2.48 bits per heavy atom. The molecule has 4 nitrogen and oxygen atoms in total. The Kier molecular flexibility index (Phi) is 5.59. The van der Waals surface area contributed by atoms with Crippen LogP contribution < -0.4 is 5.11 Å². The van der Waals surface area contributed by atoms with E-state index in [-0.39, 0.29) is 16.1 Å². The maximum absolute atomic E-state index is 12.6. The van der Waals surface area contributed by atoms with Crippen molar-refractivity contribution in [2.75, 3.05) is 0 Å². The maximum Gasteiger partial charge on any atom is 0.266 e. The van der Waals surface area contributed by atoms with Gasteiger partial charge in [0, 0.05) is 0 Å². The van der Waals surface area contributed by atoms with Crippen molar-refractivity contribution < 1.29 is 14.7 Å². The SMILES string of the molecule is Cc1ccc(/C=C2\SC(=S)N([C@@H](CC(C)C)C(=O)[O-])C2=O)cc1. The van der Waals surface area contributed by atoms with Gasteiger partial charge in [0.25, 0.3) is 5.91 Å². The molecule has 0 N–H and O–H groups in total. The summed E-state index contributed by atoms with van der Waals surface area (Å²) in [5, 5.41) is 11.4. The largest absolute Gasteiger partial charge is 0.548 e. The Bertz CT molecular complexity index is 665. The number of carboxylic acid groups (broad SMARTS) is 1. The van der Waals surface area contributed by atoms with Crippen molar-refractivity contribution in [3.8, 4) is 0 Å². The normalized spacial score (nSPS) is 18.1. The number of carboxylic acids is 1. The highest BCUT2D eigenvalue weighted by molar-refractivity contribution is 8.26. The third kappa shape index (κ3) is 4.20. The molecule has 0 aliphatic carbocycles. The van der Waals surface area contributed by atoms with E-state index in [0.29, 0.717) is 11.3 Å². The van der Waals surface area contributed by atoms with E-state index in [9.17, 15) is 14.7 Å². The molecule has 1 aromatic rings. The van der Waals surface area contributed by atoms with Gasteiger partial charge >= 0.3 is 0 Å². The van der Waals surface area contributed by atoms with E-state index in [1.807, 2.05) is 45.0 Å². The summed E-state index contributed by atoms with van der Waals surface area (Å²) in [6.07, 6.45) is 2.05. The number of hydrogen-bond acceptors (Lipinski definition) is 5. The Hall–Kier alpha value is -1.66. The number of amides is 1. The molecule has 1 aliphatic heterocycles. The van der Waals surface area contributed by atoms with Gasteiger partial charge in [0.1, 0.15) is 4.32 Å². The molecule has 0 bridgehead atoms. The highest BCUT2D eigenvalue weighted by atomic mass is 32.2. The van der Waals surface area contributed by atoms with E-state index in [1.165, 1.54) is 4.90 Å². The van der Waals surface area contributed by atoms with Crippen LogP contribution in [0, 0.1) is 12.8 Å². The highest BCUT2D eigenvalue weighted by Gasteiger charge is 2.37. The smallest absolute Gasteiger partial charge is 0.266 e. The third-order valence-corrected chi connectivity index (χ3v) is 4.81. The molecule has 1 atom stereocenters. The molecule has 0 unspecified atom stereocenters. The molecule has 1 aliphatic rings. The van der Waals surface area contributed by atoms with Gasteiger partial charge in [-0.2, -0.15) is 0 Å². The van der Waals surface area contributed by atoms with Crippen LogP contribution in [0.5, 0.6) is 0 Å². The molecule has 23 heavy (non-hydrogen) atoms. The second-order valence-electron chi connectivity index (χ2n) is 5.93. The number of carbonyl (C=O) groups excluding carboxylic acids is 2. The van der Waals surface area contributed by atoms with Gasteiger partial charge < -0.3 is 9.90 Å². The summed E-state index contributed by atoms with van der Waals surface area (Å²) in [7, 11) is 0. The summed E-state index contributed by atoms with van der Waals surface area (Å²) in [5.41, 5.74) is 2.01. The molecule has 1 heterocycles. The first-order chi connectivity index (χ1) is 10.8. The van der Waals surface area contributed by atoms with Crippen molar-refractivity contribution in [2.24, 2.45) is 5.92 Å². The van der Waals surface area contributed by atoms with Gasteiger partial charge in [-0.15, -0.1) is 0 Å². The number of carbonyl (C=O) groups is 2. The molecule has 0 spiro atoms. The van der Waals surface area contributed by atoms with Crippen LogP contribution in [0.25, 0.3) is 6.08 Å². The lowest BCUT2D eigenvalue weighted by Gasteiger charge is -2.28. The van der Waals surface area contributed by atoms with Crippen LogP contribution >= 0.6 is 24.0 Å². The Balaban J connectivity index is 2.28. The lowest BCUT2D eigenvalue weighted by Crippen LogP contribution is -2.50. The van der Waals surface area contributed by atoms with Gasteiger partial charge in [0.2, 0.25) is 0 Å². The zero-order chi connectivity index (χ0) is 17.1. The fourth-order valence-electron chi connectivity index (χ4n) is 2.32. The van der Waals surface area contributed by atoms with Gasteiger partial charge in [-0.3, -0.25) is 9.69 Å². The fraction of sp³-hybridized carbons (Fsp3) is 0.353. The summed E-state index contributed by atoms with van der Waals surface area (Å²) in [6, 6.07) is 6.70. The summed E-state index contributed by atoms with van der Waals surface area (Å²) < 4.78 is 0.267. The van der Waals surface area contributed by atoms with Crippen LogP contribution in [0.2, 0.25) is 0 Å². The molecular weight excluding hydrogens is 330 g/mol. The summed E-state index contributed by atoms with van der Waals surface area (Å²) >= 11 is 6.35. The lowest BCUT2D eigenvalue weighted by atomic mass is 10.0. The molecule has 1 saturated heterocycles. The highest BCUT2D eigenvalue weighted by Crippen LogP contribution is 2.35. The molecular formula is C17H18NO3S2-. The topological polar surface area (TPSA) is 60.4 Å². The molecule has 0 saturated carbocycles. The van der Waals surface area contributed by atoms with E-state index in [2.05, 4.69) is 0 Å². The summed E-state index contributed by atoms with van der Waals surface area (Å²) in [5.74, 6) is -1.52. The number of nitrogens with zero attached hydrogens (tertiary/aromatic N) is 1. The molecule has 122 valence electrons. The van der Waals surface area contributed by atoms with E-state index >= 15 is 0 Å². The number of rotatable bonds is 5. The Morgan fingerprint density at radius 1 is 1.35 bits per heavy atom. The number of thioether (sulfide) groups is 1. The van der Waals surface area contributed by atoms with Crippen molar-refractivity contribution in [3.63, 3.8) is 0 Å². The van der Waals surface area contributed by atoms with Crippen LogP contribution in [-0.4, -0.2) is 27.1 Å². The maximum atomic E-state index is 12.6. The van der Waals surface area contributed by atoms with Gasteiger partial charge in [-0.25, -0.2) is 0 Å². The van der Waals surface area contributed by atoms with Gasteiger partial charge in [-0.1, -0.05) is 67.7 Å². The van der Waals surface area contributed by atoms with Gasteiger partial charge in [0.05, 0.1) is 16.9 Å². The molecule has 0 radical (unpaired) electrons. The number of benzene rings is 1. The second-order valence-corrected chi connectivity index (χ2v) is 7.60. The van der Waals surface area contributed by atoms with Crippen LogP contribution in [-0.2, 0) is 9.59 Å². The molecule has 1 aromatic carbocycles. The zero-order valence-electron chi connectivity index (χ0n) is 13.2. The molecule has 1 fully saturated rings. The van der Waals surface area contributed by atoms with Gasteiger partial charge in [0.15, 0.2) is 0 Å². The summed E-state index contributed by atoms with van der Waals surface area (Å²) in [6.45, 7) is 5.78. The van der Waals surface area contributed by atoms with Crippen molar-refractivity contribution >= 4 is 46.3 Å². The quantitative estimate of drug-likeness (QED) is 0.604. The number of aryl methyl sites for hydroxylation is 1. The number of aliphatic carboxylic acids is 1. The zero-order valence-corrected chi connectivity index (χ0v) is 14.9. The van der Waals surface area contributed by atoms with E-state index < -0.39 is 12.0 Å². The molecule has 1 amide bonds. The van der Waals surface area contributed by atoms with Crippen molar-refractivity contribution in [1.29, 1.82) is 0 Å². The van der Waals surface area contributed by atoms with Crippen molar-refractivity contribution in [3.05, 3.63) is 40.3 Å². The number of hydrogen-bond donors (Lipinski definition) is 0. The first-order valence-electron chi connectivity index (χ1n) is 7.34. The van der Waals surface area contributed by atoms with E-state index in [4.69, 9.17) is 12.2 Å². The first kappa shape index (κ1) is 17.7. The van der Waals surface area contributed by atoms with E-state index in [0.717, 1.165) is 22.9 Å². The average Bonchev–Trinajstić information content (AvgIpc) is 2.73. The van der Waals surface area contributed by atoms with E-state index in [1.54, 1.807) is 6.08 Å².